The molecular formula is C19H17Cl2NO4S. The summed E-state index contributed by atoms with van der Waals surface area (Å²) in [6.45, 7) is 3.93. The van der Waals surface area contributed by atoms with Gasteiger partial charge >= 0.3 is 10.1 Å². The Balaban J connectivity index is 2.17. The van der Waals surface area contributed by atoms with Gasteiger partial charge in [-0.15, -0.1) is 0 Å². The summed E-state index contributed by atoms with van der Waals surface area (Å²) in [4.78, 5) is 4.10. The van der Waals surface area contributed by atoms with Gasteiger partial charge in [0, 0.05) is 11.6 Å². The smallest absolute Gasteiger partial charge is 0.343 e. The summed E-state index contributed by atoms with van der Waals surface area (Å²) in [6, 6.07) is 9.79. The molecule has 5 nitrogen and oxygen atoms in total. The number of methoxy groups -OCH3 is 1. The monoisotopic (exact) mass is 425 g/mol. The molecule has 1 heterocycles. The van der Waals surface area contributed by atoms with E-state index in [0.29, 0.717) is 10.4 Å². The van der Waals surface area contributed by atoms with Crippen molar-refractivity contribution in [3.63, 3.8) is 0 Å². The van der Waals surface area contributed by atoms with E-state index in [2.05, 4.69) is 4.98 Å². The zero-order valence-corrected chi connectivity index (χ0v) is 17.2. The molecule has 3 aromatic rings. The molecular weight excluding hydrogens is 409 g/mol. The van der Waals surface area contributed by atoms with E-state index in [1.54, 1.807) is 18.2 Å². The molecule has 0 saturated heterocycles. The lowest BCUT2D eigenvalue weighted by atomic mass is 10.0. The van der Waals surface area contributed by atoms with Crippen molar-refractivity contribution in [2.45, 2.75) is 24.7 Å². The van der Waals surface area contributed by atoms with Crippen LogP contribution >= 0.6 is 23.2 Å². The van der Waals surface area contributed by atoms with Crippen molar-refractivity contribution < 1.29 is 17.3 Å². The maximum absolute atomic E-state index is 13.0. The third-order valence-corrected chi connectivity index (χ3v) is 5.90. The predicted octanol–water partition coefficient (Wildman–Crippen LogP) is 5.44. The quantitative estimate of drug-likeness (QED) is 0.509. The Morgan fingerprint density at radius 2 is 1.81 bits per heavy atom. The third-order valence-electron chi connectivity index (χ3n) is 4.07. The summed E-state index contributed by atoms with van der Waals surface area (Å²) in [7, 11) is -2.83. The highest BCUT2D eigenvalue weighted by atomic mass is 35.5. The molecule has 8 heteroatoms. The molecule has 0 radical (unpaired) electrons. The van der Waals surface area contributed by atoms with Gasteiger partial charge in [0.05, 0.1) is 17.2 Å². The van der Waals surface area contributed by atoms with Crippen LogP contribution in [0, 0.1) is 0 Å². The molecule has 0 spiro atoms. The van der Waals surface area contributed by atoms with Crippen molar-refractivity contribution >= 4 is 44.2 Å². The minimum absolute atomic E-state index is 0.0498. The zero-order chi connectivity index (χ0) is 19.8. The van der Waals surface area contributed by atoms with E-state index < -0.39 is 10.1 Å². The molecule has 0 N–H and O–H groups in total. The average molecular weight is 426 g/mol. The first-order valence-electron chi connectivity index (χ1n) is 8.09. The van der Waals surface area contributed by atoms with E-state index >= 15 is 0 Å². The Bertz CT molecular complexity index is 1110. The fraction of sp³-hybridized carbons (Fsp3) is 0.211. The molecule has 0 amide bonds. The lowest BCUT2D eigenvalue weighted by Gasteiger charge is -2.15. The molecule has 3 rings (SSSR count). The number of rotatable bonds is 5. The predicted molar refractivity (Wildman–Crippen MR) is 107 cm³/mol. The van der Waals surface area contributed by atoms with Crippen molar-refractivity contribution in [3.8, 4) is 11.5 Å². The van der Waals surface area contributed by atoms with Crippen LogP contribution in [0.5, 0.6) is 11.5 Å². The Morgan fingerprint density at radius 1 is 1.07 bits per heavy atom. The van der Waals surface area contributed by atoms with Gasteiger partial charge in [0.1, 0.15) is 16.2 Å². The minimum atomic E-state index is -4.23. The fourth-order valence-electron chi connectivity index (χ4n) is 2.63. The molecule has 0 saturated carbocycles. The standard InChI is InChI=1S/C19H17Cl2NO4S/c1-11(2)12-6-7-16(25-3)17(9-12)27(23,24)26-19-15(21)10-14(20)13-5-4-8-22-18(13)19/h4-11H,1-3H3. The summed E-state index contributed by atoms with van der Waals surface area (Å²) < 4.78 is 36.6. The largest absolute Gasteiger partial charge is 0.495 e. The molecule has 1 aromatic heterocycles. The second-order valence-corrected chi connectivity index (χ2v) is 8.50. The topological polar surface area (TPSA) is 65.5 Å². The van der Waals surface area contributed by atoms with Gasteiger partial charge in [0.2, 0.25) is 0 Å². The Hall–Kier alpha value is -2.02. The van der Waals surface area contributed by atoms with Crippen LogP contribution in [0.1, 0.15) is 25.3 Å². The summed E-state index contributed by atoms with van der Waals surface area (Å²) in [5.74, 6) is 0.238. The first kappa shape index (κ1) is 19.7. The van der Waals surface area contributed by atoms with Gasteiger partial charge in [-0.3, -0.25) is 4.98 Å². The molecule has 2 aromatic carbocycles. The van der Waals surface area contributed by atoms with Crippen LogP contribution in [-0.4, -0.2) is 20.5 Å². The number of pyridine rings is 1. The van der Waals surface area contributed by atoms with E-state index in [9.17, 15) is 8.42 Å². The van der Waals surface area contributed by atoms with Crippen molar-refractivity contribution in [3.05, 3.63) is 58.2 Å². The van der Waals surface area contributed by atoms with Gasteiger partial charge in [-0.05, 0) is 41.8 Å². The molecule has 0 unspecified atom stereocenters. The van der Waals surface area contributed by atoms with Crippen LogP contribution in [0.2, 0.25) is 10.0 Å². The number of hydrogen-bond acceptors (Lipinski definition) is 5. The second-order valence-electron chi connectivity index (χ2n) is 6.17. The van der Waals surface area contributed by atoms with Crippen LogP contribution in [0.15, 0.2) is 47.5 Å². The molecule has 0 aliphatic rings. The van der Waals surface area contributed by atoms with Crippen molar-refractivity contribution in [2.24, 2.45) is 0 Å². The lowest BCUT2D eigenvalue weighted by Crippen LogP contribution is -2.12. The van der Waals surface area contributed by atoms with E-state index in [1.165, 1.54) is 25.4 Å². The summed E-state index contributed by atoms with van der Waals surface area (Å²) >= 11 is 12.4. The molecule has 0 bridgehead atoms. The van der Waals surface area contributed by atoms with E-state index in [-0.39, 0.29) is 32.9 Å². The van der Waals surface area contributed by atoms with Crippen molar-refractivity contribution in [1.29, 1.82) is 0 Å². The van der Waals surface area contributed by atoms with Crippen LogP contribution < -0.4 is 8.92 Å². The molecule has 142 valence electrons. The van der Waals surface area contributed by atoms with Gasteiger partial charge in [-0.1, -0.05) is 43.1 Å². The highest BCUT2D eigenvalue weighted by molar-refractivity contribution is 7.87. The third kappa shape index (κ3) is 3.83. The number of ether oxygens (including phenoxy) is 1. The molecule has 0 atom stereocenters. The van der Waals surface area contributed by atoms with Gasteiger partial charge in [-0.25, -0.2) is 0 Å². The van der Waals surface area contributed by atoms with E-state index in [0.717, 1.165) is 5.56 Å². The highest BCUT2D eigenvalue weighted by Gasteiger charge is 2.26. The molecule has 0 fully saturated rings. The van der Waals surface area contributed by atoms with Gasteiger partial charge < -0.3 is 8.92 Å². The SMILES string of the molecule is COc1ccc(C(C)C)cc1S(=O)(=O)Oc1c(Cl)cc(Cl)c2cccnc12. The number of aromatic nitrogens is 1. The average Bonchev–Trinajstić information content (AvgIpc) is 2.64. The Labute approximate surface area is 168 Å². The van der Waals surface area contributed by atoms with Crippen LogP contribution in [-0.2, 0) is 10.1 Å². The van der Waals surface area contributed by atoms with Gasteiger partial charge in [-0.2, -0.15) is 8.42 Å². The number of halogens is 2. The van der Waals surface area contributed by atoms with Crippen molar-refractivity contribution in [2.75, 3.05) is 7.11 Å². The maximum atomic E-state index is 13.0. The number of benzene rings is 2. The van der Waals surface area contributed by atoms with E-state index in [4.69, 9.17) is 32.1 Å². The Morgan fingerprint density at radius 3 is 2.48 bits per heavy atom. The minimum Gasteiger partial charge on any atom is -0.495 e. The number of hydrogen-bond donors (Lipinski definition) is 0. The van der Waals surface area contributed by atoms with Crippen molar-refractivity contribution in [1.82, 2.24) is 4.98 Å². The Kier molecular flexibility index (Phi) is 5.51. The summed E-state index contributed by atoms with van der Waals surface area (Å²) in [6.07, 6.45) is 1.51. The molecule has 0 aliphatic carbocycles. The van der Waals surface area contributed by atoms with E-state index in [1.807, 2.05) is 19.9 Å². The normalized spacial score (nSPS) is 11.8. The first-order valence-corrected chi connectivity index (χ1v) is 10.3. The fourth-order valence-corrected chi connectivity index (χ4v) is 4.38. The second kappa shape index (κ2) is 7.54. The number of nitrogens with zero attached hydrogens (tertiary/aromatic N) is 1. The first-order chi connectivity index (χ1) is 12.7. The zero-order valence-electron chi connectivity index (χ0n) is 14.9. The summed E-state index contributed by atoms with van der Waals surface area (Å²) in [5.41, 5.74) is 1.10. The van der Waals surface area contributed by atoms with Crippen LogP contribution in [0.25, 0.3) is 10.9 Å². The maximum Gasteiger partial charge on any atom is 0.343 e. The molecule has 0 aliphatic heterocycles. The van der Waals surface area contributed by atoms with Crippen LogP contribution in [0.3, 0.4) is 0 Å². The number of fused-ring (bicyclic) bond motifs is 1. The van der Waals surface area contributed by atoms with Crippen LogP contribution in [0.4, 0.5) is 0 Å². The van der Waals surface area contributed by atoms with Gasteiger partial charge in [0.25, 0.3) is 0 Å². The molecule has 27 heavy (non-hydrogen) atoms. The van der Waals surface area contributed by atoms with Gasteiger partial charge in [0.15, 0.2) is 5.75 Å². The highest BCUT2D eigenvalue weighted by Crippen LogP contribution is 2.39. The summed E-state index contributed by atoms with van der Waals surface area (Å²) in [5, 5.41) is 0.942. The lowest BCUT2D eigenvalue weighted by molar-refractivity contribution is 0.398.